The molecule has 0 fully saturated rings. The van der Waals surface area contributed by atoms with E-state index in [1.54, 1.807) is 0 Å². The second-order valence-electron chi connectivity index (χ2n) is 3.79. The van der Waals surface area contributed by atoms with Crippen molar-refractivity contribution in [3.05, 3.63) is 12.7 Å². The van der Waals surface area contributed by atoms with E-state index in [1.807, 2.05) is 6.08 Å². The molecule has 0 saturated heterocycles. The van der Waals surface area contributed by atoms with Crippen LogP contribution in [0.25, 0.3) is 0 Å². The van der Waals surface area contributed by atoms with Crippen LogP contribution in [0.4, 0.5) is 0 Å². The van der Waals surface area contributed by atoms with Gasteiger partial charge in [-0.2, -0.15) is 0 Å². The Balaban J connectivity index is 3.96. The lowest BCUT2D eigenvalue weighted by Crippen LogP contribution is -2.37. The molecule has 0 spiro atoms. The lowest BCUT2D eigenvalue weighted by atomic mass is 10.2. The van der Waals surface area contributed by atoms with Crippen molar-refractivity contribution in [1.29, 1.82) is 0 Å². The minimum Gasteiger partial charge on any atom is -0.359 e. The van der Waals surface area contributed by atoms with Gasteiger partial charge in [0, 0.05) is 0 Å². The fourth-order valence-electron chi connectivity index (χ4n) is 1.75. The van der Waals surface area contributed by atoms with Crippen molar-refractivity contribution >= 4 is 0 Å². The van der Waals surface area contributed by atoms with E-state index in [9.17, 15) is 0 Å². The summed E-state index contributed by atoms with van der Waals surface area (Å²) in [6.07, 6.45) is 7.08. The summed E-state index contributed by atoms with van der Waals surface area (Å²) in [5, 5.41) is 0. The zero-order chi connectivity index (χ0) is 11.5. The highest BCUT2D eigenvalue weighted by molar-refractivity contribution is 4.68. The molecule has 0 N–H and O–H groups in total. The molecule has 0 saturated carbocycles. The molecular weight excluding hydrogens is 186 g/mol. The molecule has 0 rings (SSSR count). The fraction of sp³-hybridized carbons (Fsp3) is 0.846. The normalized spacial score (nSPS) is 13.1. The van der Waals surface area contributed by atoms with E-state index < -0.39 is 0 Å². The second-order valence-corrected chi connectivity index (χ2v) is 3.79. The summed E-state index contributed by atoms with van der Waals surface area (Å²) in [7, 11) is 0. The van der Waals surface area contributed by atoms with Gasteiger partial charge in [-0.05, 0) is 25.9 Å². The third kappa shape index (κ3) is 6.69. The van der Waals surface area contributed by atoms with Crippen molar-refractivity contribution in [2.24, 2.45) is 0 Å². The fourth-order valence-corrected chi connectivity index (χ4v) is 1.75. The molecule has 90 valence electrons. The molecular formula is C13H27NO. The number of hydrogen-bond donors (Lipinski definition) is 0. The molecule has 0 aliphatic heterocycles. The van der Waals surface area contributed by atoms with Gasteiger partial charge in [0.1, 0.15) is 6.23 Å². The van der Waals surface area contributed by atoms with Crippen LogP contribution in [0.2, 0.25) is 0 Å². The van der Waals surface area contributed by atoms with Crippen LogP contribution in [0.1, 0.15) is 46.5 Å². The van der Waals surface area contributed by atoms with Crippen molar-refractivity contribution < 1.29 is 4.74 Å². The van der Waals surface area contributed by atoms with Gasteiger partial charge in [-0.15, -0.1) is 6.58 Å². The maximum Gasteiger partial charge on any atom is 0.111 e. The van der Waals surface area contributed by atoms with Crippen molar-refractivity contribution in [2.75, 3.05) is 19.7 Å². The number of nitrogens with zero attached hydrogens (tertiary/aromatic N) is 1. The van der Waals surface area contributed by atoms with Crippen LogP contribution in [0.15, 0.2) is 12.7 Å². The van der Waals surface area contributed by atoms with E-state index in [0.717, 1.165) is 19.5 Å². The number of rotatable bonds is 10. The first-order chi connectivity index (χ1) is 7.29. The molecule has 0 aliphatic carbocycles. The molecule has 0 aromatic rings. The van der Waals surface area contributed by atoms with E-state index >= 15 is 0 Å². The molecule has 0 heterocycles. The summed E-state index contributed by atoms with van der Waals surface area (Å²) in [5.74, 6) is 0. The molecule has 0 radical (unpaired) electrons. The SMILES string of the molecule is C=CCOC(CCCCC)N(CC)CC. The van der Waals surface area contributed by atoms with Crippen LogP contribution in [0, 0.1) is 0 Å². The first-order valence-electron chi connectivity index (χ1n) is 6.26. The summed E-state index contributed by atoms with van der Waals surface area (Å²) in [6.45, 7) is 13.1. The Kier molecular flexibility index (Phi) is 9.96. The smallest absolute Gasteiger partial charge is 0.111 e. The van der Waals surface area contributed by atoms with Gasteiger partial charge in [-0.3, -0.25) is 4.90 Å². The molecule has 0 aliphatic rings. The number of hydrogen-bond acceptors (Lipinski definition) is 2. The van der Waals surface area contributed by atoms with Crippen LogP contribution in [-0.2, 0) is 4.74 Å². The van der Waals surface area contributed by atoms with Gasteiger partial charge in [-0.1, -0.05) is 39.7 Å². The van der Waals surface area contributed by atoms with Gasteiger partial charge in [0.2, 0.25) is 0 Å². The Hall–Kier alpha value is -0.340. The van der Waals surface area contributed by atoms with Gasteiger partial charge in [-0.25, -0.2) is 0 Å². The molecule has 2 heteroatoms. The average molecular weight is 213 g/mol. The molecule has 15 heavy (non-hydrogen) atoms. The zero-order valence-corrected chi connectivity index (χ0v) is 10.7. The van der Waals surface area contributed by atoms with Crippen molar-refractivity contribution in [3.8, 4) is 0 Å². The average Bonchev–Trinajstić information content (AvgIpc) is 2.26. The largest absolute Gasteiger partial charge is 0.359 e. The Labute approximate surface area is 95.3 Å². The predicted molar refractivity (Wildman–Crippen MR) is 67.0 cm³/mol. The highest BCUT2D eigenvalue weighted by atomic mass is 16.5. The maximum atomic E-state index is 5.79. The van der Waals surface area contributed by atoms with Gasteiger partial charge in [0.05, 0.1) is 6.61 Å². The number of unbranched alkanes of at least 4 members (excludes halogenated alkanes) is 2. The lowest BCUT2D eigenvalue weighted by molar-refractivity contribution is -0.0496. The first-order valence-corrected chi connectivity index (χ1v) is 6.26. The highest BCUT2D eigenvalue weighted by Crippen LogP contribution is 2.11. The minimum absolute atomic E-state index is 0.282. The van der Waals surface area contributed by atoms with E-state index in [1.165, 1.54) is 19.3 Å². The molecule has 0 aromatic heterocycles. The van der Waals surface area contributed by atoms with Gasteiger partial charge in [0.15, 0.2) is 0 Å². The first kappa shape index (κ1) is 14.7. The van der Waals surface area contributed by atoms with E-state index in [-0.39, 0.29) is 6.23 Å². The monoisotopic (exact) mass is 213 g/mol. The number of ether oxygens (including phenoxy) is 1. The lowest BCUT2D eigenvalue weighted by Gasteiger charge is -2.29. The van der Waals surface area contributed by atoms with Gasteiger partial charge >= 0.3 is 0 Å². The van der Waals surface area contributed by atoms with Crippen LogP contribution in [-0.4, -0.2) is 30.8 Å². The summed E-state index contributed by atoms with van der Waals surface area (Å²) in [4.78, 5) is 2.37. The van der Waals surface area contributed by atoms with Crippen LogP contribution >= 0.6 is 0 Å². The molecule has 0 amide bonds. The molecule has 1 atom stereocenters. The Bertz CT molecular complexity index is 143. The second kappa shape index (κ2) is 10.2. The summed E-state index contributed by atoms with van der Waals surface area (Å²) >= 11 is 0. The standard InChI is InChI=1S/C13H27NO/c1-5-9-10-11-13(15-12-6-2)14(7-3)8-4/h6,13H,2,5,7-12H2,1,3-4H3. The third-order valence-corrected chi connectivity index (χ3v) is 2.68. The van der Waals surface area contributed by atoms with Crippen molar-refractivity contribution in [2.45, 2.75) is 52.7 Å². The topological polar surface area (TPSA) is 12.5 Å². The Morgan fingerprint density at radius 2 is 1.87 bits per heavy atom. The summed E-state index contributed by atoms with van der Waals surface area (Å²) in [6, 6.07) is 0. The predicted octanol–water partition coefficient (Wildman–Crippen LogP) is 3.44. The zero-order valence-electron chi connectivity index (χ0n) is 10.7. The van der Waals surface area contributed by atoms with Crippen LogP contribution < -0.4 is 0 Å². The van der Waals surface area contributed by atoms with E-state index in [4.69, 9.17) is 4.74 Å². The molecule has 0 bridgehead atoms. The highest BCUT2D eigenvalue weighted by Gasteiger charge is 2.14. The van der Waals surface area contributed by atoms with Gasteiger partial charge < -0.3 is 4.74 Å². The van der Waals surface area contributed by atoms with Crippen molar-refractivity contribution in [1.82, 2.24) is 4.90 Å². The molecule has 0 aromatic carbocycles. The van der Waals surface area contributed by atoms with Gasteiger partial charge in [0.25, 0.3) is 0 Å². The summed E-state index contributed by atoms with van der Waals surface area (Å²) in [5.41, 5.74) is 0. The van der Waals surface area contributed by atoms with Crippen LogP contribution in [0.5, 0.6) is 0 Å². The quantitative estimate of drug-likeness (QED) is 0.313. The minimum atomic E-state index is 0.282. The Morgan fingerprint density at radius 3 is 2.33 bits per heavy atom. The molecule has 2 nitrogen and oxygen atoms in total. The molecule has 1 unspecified atom stereocenters. The van der Waals surface area contributed by atoms with Crippen molar-refractivity contribution in [3.63, 3.8) is 0 Å². The maximum absolute atomic E-state index is 5.79. The van der Waals surface area contributed by atoms with E-state index in [2.05, 4.69) is 32.3 Å². The van der Waals surface area contributed by atoms with Crippen LogP contribution in [0.3, 0.4) is 0 Å². The Morgan fingerprint density at radius 1 is 1.20 bits per heavy atom. The third-order valence-electron chi connectivity index (χ3n) is 2.68. The summed E-state index contributed by atoms with van der Waals surface area (Å²) < 4.78 is 5.79. The van der Waals surface area contributed by atoms with E-state index in [0.29, 0.717) is 6.61 Å².